The molecule has 74 valence electrons. The first-order valence-corrected chi connectivity index (χ1v) is 5.18. The molecule has 0 amide bonds. The Balaban J connectivity index is 2.57. The van der Waals surface area contributed by atoms with Crippen molar-refractivity contribution in [1.82, 2.24) is 4.98 Å². The maximum Gasteiger partial charge on any atom is 0.194 e. The lowest BCUT2D eigenvalue weighted by Gasteiger charge is -1.99. The predicted octanol–water partition coefficient (Wildman–Crippen LogP) is 3.31. The van der Waals surface area contributed by atoms with E-state index >= 15 is 0 Å². The van der Waals surface area contributed by atoms with E-state index in [4.69, 9.17) is 16.0 Å². The minimum Gasteiger partial charge on any atom is -0.446 e. The fourth-order valence-corrected chi connectivity index (χ4v) is 1.38. The Labute approximate surface area is 84.3 Å². The highest BCUT2D eigenvalue weighted by Gasteiger charge is 2.08. The second-order valence-electron chi connectivity index (χ2n) is 3.68. The molecule has 1 aromatic heterocycles. The lowest BCUT2D eigenvalue weighted by atomic mass is 10.1. The molecule has 1 heterocycles. The fraction of sp³-hybridized carbons (Fsp3) is 0.700. The number of hydrogen-bond donors (Lipinski definition) is 0. The maximum atomic E-state index is 5.69. The van der Waals surface area contributed by atoms with Gasteiger partial charge in [-0.15, -0.1) is 11.6 Å². The maximum absolute atomic E-state index is 5.69. The van der Waals surface area contributed by atoms with E-state index in [1.54, 1.807) is 0 Å². The van der Waals surface area contributed by atoms with Gasteiger partial charge in [0.05, 0.1) is 11.6 Å². The summed E-state index contributed by atoms with van der Waals surface area (Å²) in [5, 5.41) is 0. The summed E-state index contributed by atoms with van der Waals surface area (Å²) < 4.78 is 5.46. The molecule has 0 aliphatic carbocycles. The number of rotatable bonds is 4. The van der Waals surface area contributed by atoms with Gasteiger partial charge in [0.15, 0.2) is 5.89 Å². The monoisotopic (exact) mass is 201 g/mol. The average molecular weight is 202 g/mol. The van der Waals surface area contributed by atoms with Gasteiger partial charge in [0, 0.05) is 6.42 Å². The molecule has 0 N–H and O–H groups in total. The second kappa shape index (κ2) is 4.66. The molecule has 0 bridgehead atoms. The highest BCUT2D eigenvalue weighted by Crippen LogP contribution is 2.14. The molecule has 0 aromatic carbocycles. The van der Waals surface area contributed by atoms with Gasteiger partial charge >= 0.3 is 0 Å². The molecular weight excluding hydrogens is 186 g/mol. The third kappa shape index (κ3) is 3.03. The number of oxazole rings is 1. The van der Waals surface area contributed by atoms with Crippen LogP contribution in [-0.2, 0) is 12.3 Å². The van der Waals surface area contributed by atoms with Crippen molar-refractivity contribution in [3.63, 3.8) is 0 Å². The predicted molar refractivity (Wildman–Crippen MR) is 54.0 cm³/mol. The Bertz CT molecular complexity index is 268. The average Bonchev–Trinajstić information content (AvgIpc) is 2.43. The SMILES string of the molecule is Cc1oc(CCC(C)C)nc1CCl. The number of alkyl halides is 1. The van der Waals surface area contributed by atoms with Crippen LogP contribution in [-0.4, -0.2) is 4.98 Å². The minimum atomic E-state index is 0.441. The number of aromatic nitrogens is 1. The third-order valence-electron chi connectivity index (χ3n) is 2.00. The molecular formula is C10H16ClNO. The number of halogens is 1. The van der Waals surface area contributed by atoms with E-state index in [0.29, 0.717) is 11.8 Å². The van der Waals surface area contributed by atoms with Gasteiger partial charge in [0.1, 0.15) is 5.76 Å². The van der Waals surface area contributed by atoms with Crippen LogP contribution in [0.3, 0.4) is 0 Å². The molecule has 0 unspecified atom stereocenters. The standard InChI is InChI=1S/C10H16ClNO/c1-7(2)4-5-10-12-9(6-11)8(3)13-10/h7H,4-6H2,1-3H3. The lowest BCUT2D eigenvalue weighted by molar-refractivity contribution is 0.445. The van der Waals surface area contributed by atoms with Gasteiger partial charge in [-0.3, -0.25) is 0 Å². The molecule has 0 atom stereocenters. The van der Waals surface area contributed by atoms with Crippen molar-refractivity contribution in [2.75, 3.05) is 0 Å². The third-order valence-corrected chi connectivity index (χ3v) is 2.25. The van der Waals surface area contributed by atoms with Crippen molar-refractivity contribution < 1.29 is 4.42 Å². The van der Waals surface area contributed by atoms with Crippen LogP contribution >= 0.6 is 11.6 Å². The Kier molecular flexibility index (Phi) is 3.79. The van der Waals surface area contributed by atoms with Gasteiger partial charge in [-0.05, 0) is 19.3 Å². The van der Waals surface area contributed by atoms with Crippen molar-refractivity contribution in [2.45, 2.75) is 39.5 Å². The van der Waals surface area contributed by atoms with Crippen LogP contribution in [0.5, 0.6) is 0 Å². The van der Waals surface area contributed by atoms with Crippen molar-refractivity contribution in [1.29, 1.82) is 0 Å². The van der Waals surface area contributed by atoms with Gasteiger partial charge in [-0.25, -0.2) is 4.98 Å². The zero-order valence-electron chi connectivity index (χ0n) is 8.43. The summed E-state index contributed by atoms with van der Waals surface area (Å²) in [6.45, 7) is 6.29. The van der Waals surface area contributed by atoms with Crippen LogP contribution < -0.4 is 0 Å². The van der Waals surface area contributed by atoms with Crippen LogP contribution in [0.1, 0.15) is 37.6 Å². The fourth-order valence-electron chi connectivity index (χ4n) is 1.13. The molecule has 0 radical (unpaired) electrons. The molecule has 0 fully saturated rings. The van der Waals surface area contributed by atoms with E-state index in [2.05, 4.69) is 18.8 Å². The van der Waals surface area contributed by atoms with Crippen LogP contribution in [0.25, 0.3) is 0 Å². The Morgan fingerprint density at radius 2 is 2.15 bits per heavy atom. The lowest BCUT2D eigenvalue weighted by Crippen LogP contribution is -1.92. The van der Waals surface area contributed by atoms with E-state index in [1.165, 1.54) is 0 Å². The molecule has 13 heavy (non-hydrogen) atoms. The van der Waals surface area contributed by atoms with E-state index in [-0.39, 0.29) is 0 Å². The molecule has 2 nitrogen and oxygen atoms in total. The van der Waals surface area contributed by atoms with Crippen LogP contribution in [0.4, 0.5) is 0 Å². The summed E-state index contributed by atoms with van der Waals surface area (Å²) in [5.74, 6) is 2.80. The molecule has 0 saturated heterocycles. The van der Waals surface area contributed by atoms with Gasteiger partial charge in [0.2, 0.25) is 0 Å². The summed E-state index contributed by atoms with van der Waals surface area (Å²) in [7, 11) is 0. The van der Waals surface area contributed by atoms with Crippen molar-refractivity contribution >= 4 is 11.6 Å². The number of aryl methyl sites for hydroxylation is 2. The van der Waals surface area contributed by atoms with Gasteiger partial charge < -0.3 is 4.42 Å². The first kappa shape index (κ1) is 10.6. The Morgan fingerprint density at radius 3 is 2.62 bits per heavy atom. The molecule has 0 aliphatic rings. The van der Waals surface area contributed by atoms with Gasteiger partial charge in [0.25, 0.3) is 0 Å². The molecule has 0 aliphatic heterocycles. The topological polar surface area (TPSA) is 26.0 Å². The van der Waals surface area contributed by atoms with Crippen molar-refractivity contribution in [2.24, 2.45) is 5.92 Å². The van der Waals surface area contributed by atoms with Crippen LogP contribution in [0.15, 0.2) is 4.42 Å². The quantitative estimate of drug-likeness (QED) is 0.699. The first-order valence-electron chi connectivity index (χ1n) is 4.64. The minimum absolute atomic E-state index is 0.441. The zero-order chi connectivity index (χ0) is 9.84. The summed E-state index contributed by atoms with van der Waals surface area (Å²) in [4.78, 5) is 4.30. The molecule has 0 saturated carbocycles. The molecule has 0 spiro atoms. The molecule has 1 aromatic rings. The normalized spacial score (nSPS) is 11.2. The van der Waals surface area contributed by atoms with E-state index in [1.807, 2.05) is 6.92 Å². The van der Waals surface area contributed by atoms with E-state index in [0.717, 1.165) is 30.2 Å². The summed E-state index contributed by atoms with van der Waals surface area (Å²) in [6.07, 6.45) is 2.02. The van der Waals surface area contributed by atoms with E-state index in [9.17, 15) is 0 Å². The van der Waals surface area contributed by atoms with Crippen LogP contribution in [0, 0.1) is 12.8 Å². The summed E-state index contributed by atoms with van der Waals surface area (Å²) in [5.41, 5.74) is 0.875. The van der Waals surface area contributed by atoms with Crippen molar-refractivity contribution in [3.8, 4) is 0 Å². The smallest absolute Gasteiger partial charge is 0.194 e. The highest BCUT2D eigenvalue weighted by molar-refractivity contribution is 6.16. The largest absolute Gasteiger partial charge is 0.446 e. The van der Waals surface area contributed by atoms with Gasteiger partial charge in [-0.2, -0.15) is 0 Å². The first-order chi connectivity index (χ1) is 6.13. The van der Waals surface area contributed by atoms with Gasteiger partial charge in [-0.1, -0.05) is 13.8 Å². The molecule has 1 rings (SSSR count). The molecule has 3 heteroatoms. The summed E-state index contributed by atoms with van der Waals surface area (Å²) in [6, 6.07) is 0. The van der Waals surface area contributed by atoms with Crippen LogP contribution in [0.2, 0.25) is 0 Å². The number of hydrogen-bond acceptors (Lipinski definition) is 2. The Hall–Kier alpha value is -0.500. The van der Waals surface area contributed by atoms with E-state index < -0.39 is 0 Å². The zero-order valence-corrected chi connectivity index (χ0v) is 9.19. The Morgan fingerprint density at radius 1 is 1.46 bits per heavy atom. The second-order valence-corrected chi connectivity index (χ2v) is 3.94. The summed E-state index contributed by atoms with van der Waals surface area (Å²) >= 11 is 5.69. The van der Waals surface area contributed by atoms with Crippen molar-refractivity contribution in [3.05, 3.63) is 17.3 Å². The highest BCUT2D eigenvalue weighted by atomic mass is 35.5. The number of nitrogens with zero attached hydrogens (tertiary/aromatic N) is 1.